The van der Waals surface area contributed by atoms with Crippen LogP contribution in [0.1, 0.15) is 21.5 Å². The molecule has 2 N–H and O–H groups in total. The average Bonchev–Trinajstić information content (AvgIpc) is 2.35. The van der Waals surface area contributed by atoms with Gasteiger partial charge < -0.3 is 10.4 Å². The Hall–Kier alpha value is -1.88. The minimum absolute atomic E-state index is 0.0321. The molecule has 0 radical (unpaired) electrons. The zero-order valence-electron chi connectivity index (χ0n) is 11.0. The van der Waals surface area contributed by atoms with E-state index in [0.29, 0.717) is 5.69 Å². The van der Waals surface area contributed by atoms with E-state index in [9.17, 15) is 14.3 Å². The van der Waals surface area contributed by atoms with Crippen molar-refractivity contribution in [1.82, 2.24) is 0 Å². The Balaban J connectivity index is 2.28. The number of amides is 1. The predicted octanol–water partition coefficient (Wildman–Crippen LogP) is 4.16. The van der Waals surface area contributed by atoms with Crippen molar-refractivity contribution in [1.29, 1.82) is 0 Å². The summed E-state index contributed by atoms with van der Waals surface area (Å²) >= 11 is 3.45. The number of phenolic OH excluding ortho intramolecular Hbond substituents is 1. The monoisotopic (exact) mass is 337 g/mol. The highest BCUT2D eigenvalue weighted by atomic mass is 79.9. The smallest absolute Gasteiger partial charge is 0.259 e. The Bertz CT molecular complexity index is 663. The van der Waals surface area contributed by atoms with E-state index in [0.717, 1.165) is 27.7 Å². The Labute approximate surface area is 124 Å². The third-order valence-corrected chi connectivity index (χ3v) is 4.15. The number of hydrogen-bond acceptors (Lipinski definition) is 2. The van der Waals surface area contributed by atoms with Gasteiger partial charge in [0.1, 0.15) is 11.6 Å². The molecule has 0 saturated heterocycles. The summed E-state index contributed by atoms with van der Waals surface area (Å²) in [6.07, 6.45) is 0. The van der Waals surface area contributed by atoms with E-state index in [2.05, 4.69) is 21.2 Å². The van der Waals surface area contributed by atoms with Crippen molar-refractivity contribution in [2.45, 2.75) is 13.8 Å². The molecule has 20 heavy (non-hydrogen) atoms. The number of anilines is 1. The number of halogens is 2. The van der Waals surface area contributed by atoms with Crippen LogP contribution in [0.25, 0.3) is 0 Å². The summed E-state index contributed by atoms with van der Waals surface area (Å²) in [6.45, 7) is 3.84. The van der Waals surface area contributed by atoms with Gasteiger partial charge in [-0.3, -0.25) is 4.79 Å². The van der Waals surface area contributed by atoms with E-state index in [1.807, 2.05) is 26.0 Å². The third kappa shape index (κ3) is 2.99. The van der Waals surface area contributed by atoms with Crippen LogP contribution in [0.15, 0.2) is 34.8 Å². The fourth-order valence-electron chi connectivity index (χ4n) is 1.91. The summed E-state index contributed by atoms with van der Waals surface area (Å²) in [4.78, 5) is 12.0. The maximum absolute atomic E-state index is 12.9. The van der Waals surface area contributed by atoms with E-state index in [1.165, 1.54) is 6.07 Å². The lowest BCUT2D eigenvalue weighted by molar-refractivity contribution is 0.102. The van der Waals surface area contributed by atoms with Gasteiger partial charge in [0.25, 0.3) is 5.91 Å². The molecule has 0 aliphatic carbocycles. The second kappa shape index (κ2) is 5.63. The zero-order valence-corrected chi connectivity index (χ0v) is 12.6. The first-order valence-electron chi connectivity index (χ1n) is 5.95. The Morgan fingerprint density at radius 2 is 1.80 bits per heavy atom. The van der Waals surface area contributed by atoms with Crippen LogP contribution in [0.2, 0.25) is 0 Å². The van der Waals surface area contributed by atoms with Gasteiger partial charge in [-0.05, 0) is 49.2 Å². The fourth-order valence-corrected chi connectivity index (χ4v) is 2.14. The molecule has 0 fully saturated rings. The highest BCUT2D eigenvalue weighted by Crippen LogP contribution is 2.26. The summed E-state index contributed by atoms with van der Waals surface area (Å²) in [5, 5.41) is 12.3. The lowest BCUT2D eigenvalue weighted by atomic mass is 10.1. The lowest BCUT2D eigenvalue weighted by Crippen LogP contribution is -2.12. The van der Waals surface area contributed by atoms with Crippen LogP contribution < -0.4 is 5.32 Å². The Morgan fingerprint density at radius 1 is 1.20 bits per heavy atom. The normalized spacial score (nSPS) is 10.4. The third-order valence-electron chi connectivity index (χ3n) is 2.90. The van der Waals surface area contributed by atoms with Crippen molar-refractivity contribution in [3.05, 3.63) is 57.3 Å². The van der Waals surface area contributed by atoms with Crippen molar-refractivity contribution in [2.24, 2.45) is 0 Å². The van der Waals surface area contributed by atoms with Crippen molar-refractivity contribution >= 4 is 27.5 Å². The van der Waals surface area contributed by atoms with Gasteiger partial charge in [-0.2, -0.15) is 0 Å². The summed E-state index contributed by atoms with van der Waals surface area (Å²) in [7, 11) is 0. The highest BCUT2D eigenvalue weighted by Gasteiger charge is 2.13. The van der Waals surface area contributed by atoms with Gasteiger partial charge >= 0.3 is 0 Å². The molecule has 0 aromatic heterocycles. The highest BCUT2D eigenvalue weighted by molar-refractivity contribution is 9.10. The zero-order chi connectivity index (χ0) is 14.9. The molecular formula is C15H13BrFNO2. The number of phenols is 1. The van der Waals surface area contributed by atoms with E-state index >= 15 is 0 Å². The molecule has 0 spiro atoms. The molecule has 3 nitrogen and oxygen atoms in total. The molecule has 0 atom stereocenters. The second-order valence-electron chi connectivity index (χ2n) is 4.54. The number of hydrogen-bond donors (Lipinski definition) is 2. The summed E-state index contributed by atoms with van der Waals surface area (Å²) in [5.74, 6) is -1.45. The maximum Gasteiger partial charge on any atom is 0.259 e. The molecule has 0 aliphatic rings. The second-order valence-corrected chi connectivity index (χ2v) is 5.33. The molecule has 5 heteroatoms. The average molecular weight is 338 g/mol. The van der Waals surface area contributed by atoms with Crippen molar-refractivity contribution < 1.29 is 14.3 Å². The molecular weight excluding hydrogens is 325 g/mol. The van der Waals surface area contributed by atoms with Crippen LogP contribution in [-0.2, 0) is 0 Å². The van der Waals surface area contributed by atoms with Crippen molar-refractivity contribution in [3.8, 4) is 5.75 Å². The van der Waals surface area contributed by atoms with Crippen LogP contribution in [0.3, 0.4) is 0 Å². The maximum atomic E-state index is 12.9. The van der Waals surface area contributed by atoms with Gasteiger partial charge in [-0.25, -0.2) is 4.39 Å². The summed E-state index contributed by atoms with van der Waals surface area (Å²) in [6, 6.07) is 6.92. The van der Waals surface area contributed by atoms with Gasteiger partial charge in [0.05, 0.1) is 5.56 Å². The van der Waals surface area contributed by atoms with Crippen molar-refractivity contribution in [3.63, 3.8) is 0 Å². The first-order valence-corrected chi connectivity index (χ1v) is 6.74. The van der Waals surface area contributed by atoms with E-state index in [1.54, 1.807) is 0 Å². The van der Waals surface area contributed by atoms with Gasteiger partial charge in [-0.15, -0.1) is 0 Å². The molecule has 2 aromatic carbocycles. The SMILES string of the molecule is Cc1cc(NC(=O)c2ccc(F)cc2O)cc(C)c1Br. The van der Waals surface area contributed by atoms with Crippen LogP contribution >= 0.6 is 15.9 Å². The van der Waals surface area contributed by atoms with Gasteiger partial charge in [0.15, 0.2) is 0 Å². The van der Waals surface area contributed by atoms with Crippen LogP contribution in [0, 0.1) is 19.7 Å². The van der Waals surface area contributed by atoms with Crippen LogP contribution in [0.4, 0.5) is 10.1 Å². The number of aryl methyl sites for hydroxylation is 2. The molecule has 0 heterocycles. The minimum atomic E-state index is -0.589. The largest absolute Gasteiger partial charge is 0.507 e. The molecule has 2 rings (SSSR count). The van der Waals surface area contributed by atoms with Gasteiger partial charge in [-0.1, -0.05) is 15.9 Å². The van der Waals surface area contributed by atoms with Crippen LogP contribution in [-0.4, -0.2) is 11.0 Å². The first kappa shape index (κ1) is 14.5. The molecule has 2 aromatic rings. The fraction of sp³-hybridized carbons (Fsp3) is 0.133. The minimum Gasteiger partial charge on any atom is -0.507 e. The molecule has 0 unspecified atom stereocenters. The van der Waals surface area contributed by atoms with Crippen LogP contribution in [0.5, 0.6) is 5.75 Å². The number of benzene rings is 2. The number of nitrogens with one attached hydrogen (secondary N) is 1. The van der Waals surface area contributed by atoms with E-state index in [-0.39, 0.29) is 11.3 Å². The van der Waals surface area contributed by atoms with Crippen molar-refractivity contribution in [2.75, 3.05) is 5.32 Å². The van der Waals surface area contributed by atoms with E-state index < -0.39 is 11.7 Å². The molecule has 1 amide bonds. The predicted molar refractivity (Wildman–Crippen MR) is 79.6 cm³/mol. The molecule has 104 valence electrons. The first-order chi connectivity index (χ1) is 9.38. The molecule has 0 aliphatic heterocycles. The number of aromatic hydroxyl groups is 1. The summed E-state index contributed by atoms with van der Waals surface area (Å²) in [5.41, 5.74) is 2.63. The topological polar surface area (TPSA) is 49.3 Å². The quantitative estimate of drug-likeness (QED) is 0.864. The Kier molecular flexibility index (Phi) is 4.09. The van der Waals surface area contributed by atoms with E-state index in [4.69, 9.17) is 0 Å². The Morgan fingerprint density at radius 3 is 2.35 bits per heavy atom. The number of rotatable bonds is 2. The van der Waals surface area contributed by atoms with Gasteiger partial charge in [0, 0.05) is 16.2 Å². The molecule has 0 bridgehead atoms. The standard InChI is InChI=1S/C15H13BrFNO2/c1-8-5-11(6-9(2)14(8)16)18-15(20)12-4-3-10(17)7-13(12)19/h3-7,19H,1-2H3,(H,18,20). The molecule has 0 saturated carbocycles. The summed E-state index contributed by atoms with van der Waals surface area (Å²) < 4.78 is 13.9. The number of carbonyl (C=O) groups excluding carboxylic acids is 1. The number of carbonyl (C=O) groups is 1. The van der Waals surface area contributed by atoms with Gasteiger partial charge in [0.2, 0.25) is 0 Å². The lowest BCUT2D eigenvalue weighted by Gasteiger charge is -2.10.